The van der Waals surface area contributed by atoms with E-state index in [1.54, 1.807) is 22.0 Å². The zero-order valence-electron chi connectivity index (χ0n) is 41.7. The monoisotopic (exact) mass is 994 g/mol. The highest BCUT2D eigenvalue weighted by Crippen LogP contribution is 2.27. The summed E-state index contributed by atoms with van der Waals surface area (Å²) >= 11 is 0. The number of hydrogen-bond donors (Lipinski definition) is 6. The number of terminal acetylenes is 1. The first kappa shape index (κ1) is 55.7. The van der Waals surface area contributed by atoms with Crippen molar-refractivity contribution in [3.8, 4) is 12.3 Å². The van der Waals surface area contributed by atoms with E-state index in [1.165, 1.54) is 4.68 Å². The van der Waals surface area contributed by atoms with Gasteiger partial charge in [0, 0.05) is 71.9 Å². The van der Waals surface area contributed by atoms with E-state index in [2.05, 4.69) is 50.7 Å². The van der Waals surface area contributed by atoms with Crippen LogP contribution in [-0.2, 0) is 28.6 Å². The molecular weight excluding hydrogens is 919 g/mol. The molecule has 392 valence electrons. The second kappa shape index (κ2) is 28.5. The number of carboxylic acids is 1. The van der Waals surface area contributed by atoms with Crippen LogP contribution in [0.5, 0.6) is 0 Å². The number of aliphatic carboxylic acids is 1. The Bertz CT molecular complexity index is 2180. The van der Waals surface area contributed by atoms with Crippen molar-refractivity contribution in [3.63, 3.8) is 0 Å². The summed E-state index contributed by atoms with van der Waals surface area (Å²) in [6.45, 7) is 14.1. The number of carboxylic acid groups (broad SMARTS) is 1. The number of rotatable bonds is 30. The Balaban J connectivity index is 1.28. The van der Waals surface area contributed by atoms with Crippen LogP contribution in [0.25, 0.3) is 0 Å². The lowest BCUT2D eigenvalue weighted by molar-refractivity contribution is -0.139. The molecule has 2 fully saturated rings. The molecule has 5 rings (SSSR count). The average molecular weight is 994 g/mol. The molecule has 2 aliphatic heterocycles. The number of carbonyl (C=O) groups excluding carboxylic acids is 2. The molecule has 71 heavy (non-hydrogen) atoms. The first-order chi connectivity index (χ1) is 34.2. The number of carbonyl (C=O) groups is 3. The van der Waals surface area contributed by atoms with Gasteiger partial charge in [0.05, 0.1) is 68.9 Å². The smallest absolute Gasteiger partial charge is 0.303 e. The maximum Gasteiger partial charge on any atom is 0.303 e. The molecule has 6 atom stereocenters. The van der Waals surface area contributed by atoms with E-state index in [-0.39, 0.29) is 61.1 Å². The first-order valence-corrected chi connectivity index (χ1v) is 24.6. The molecule has 0 aromatic carbocycles. The Kier molecular flexibility index (Phi) is 22.4. The molecule has 5 heterocycles. The van der Waals surface area contributed by atoms with E-state index in [0.29, 0.717) is 141 Å². The van der Waals surface area contributed by atoms with Crippen LogP contribution in [0.2, 0.25) is 0 Å². The summed E-state index contributed by atoms with van der Waals surface area (Å²) in [5.41, 5.74) is 25.2. The Morgan fingerprint density at radius 2 is 1.23 bits per heavy atom. The number of piperazine rings is 2. The number of amides is 2. The van der Waals surface area contributed by atoms with Crippen LogP contribution in [0.4, 0.5) is 17.8 Å². The minimum absolute atomic E-state index is 0.0164. The van der Waals surface area contributed by atoms with Gasteiger partial charge in [-0.2, -0.15) is 15.0 Å². The third-order valence-corrected chi connectivity index (χ3v) is 12.8. The van der Waals surface area contributed by atoms with Gasteiger partial charge < -0.3 is 67.2 Å². The van der Waals surface area contributed by atoms with Crippen LogP contribution in [0, 0.1) is 24.2 Å². The van der Waals surface area contributed by atoms with Crippen molar-refractivity contribution in [3.05, 3.63) is 23.8 Å². The predicted octanol–water partition coefficient (Wildman–Crippen LogP) is -0.0605. The van der Waals surface area contributed by atoms with Crippen LogP contribution in [-0.4, -0.2) is 189 Å². The summed E-state index contributed by atoms with van der Waals surface area (Å²) in [5, 5.41) is 30.0. The van der Waals surface area contributed by atoms with Crippen molar-refractivity contribution in [2.45, 2.75) is 90.4 Å². The van der Waals surface area contributed by atoms with E-state index >= 15 is 0 Å². The molecule has 3 aromatic heterocycles. The zero-order valence-corrected chi connectivity index (χ0v) is 41.7. The van der Waals surface area contributed by atoms with Gasteiger partial charge in [0.1, 0.15) is 18.7 Å². The lowest BCUT2D eigenvalue weighted by Gasteiger charge is -2.38. The molecule has 1 unspecified atom stereocenters. The van der Waals surface area contributed by atoms with Crippen molar-refractivity contribution < 1.29 is 33.7 Å². The number of nitrogens with two attached hydrogens (primary N) is 4. The molecular formula is C45H75N19O7. The average Bonchev–Trinajstić information content (AvgIpc) is 4.08. The third kappa shape index (κ3) is 16.7. The van der Waals surface area contributed by atoms with Gasteiger partial charge in [-0.05, 0) is 31.1 Å². The quantitative estimate of drug-likeness (QED) is 0.0220. The van der Waals surface area contributed by atoms with Gasteiger partial charge in [-0.3, -0.25) is 19.4 Å². The standard InChI is InChI=1S/C45H75N19O7/c1-6-23-69-25-27-71-28-26-70-24-14-51-43-52-44(61-19-15-59(16-20-61)40(67)35(10-9-13-50-42(48)49)63-29-33(55-57-63)38(46)31(4)7-2)54-45(53-43)62-21-17-60(18-22-62)41(68)36(11-12-37(65)66)64-30-34(56-58-64)39(47)32(5)8-3/h1,29-32,35-36,38-39H,7-28,46-47H2,2-5H3,(H,65,66)(H4,48,49,50)(H,51,52,53,54)/t31-,32+,35-,36-,38?,39-/m0/s1. The van der Waals surface area contributed by atoms with Crippen LogP contribution in [0.15, 0.2) is 17.4 Å². The predicted molar refractivity (Wildman–Crippen MR) is 265 cm³/mol. The molecule has 2 saturated heterocycles. The van der Waals surface area contributed by atoms with Gasteiger partial charge in [0.15, 0.2) is 5.96 Å². The van der Waals surface area contributed by atoms with Gasteiger partial charge in [-0.15, -0.1) is 16.6 Å². The van der Waals surface area contributed by atoms with Gasteiger partial charge in [0.2, 0.25) is 29.7 Å². The molecule has 10 N–H and O–H groups in total. The van der Waals surface area contributed by atoms with Crippen LogP contribution in [0.3, 0.4) is 0 Å². The second-order valence-electron chi connectivity index (χ2n) is 17.8. The highest BCUT2D eigenvalue weighted by atomic mass is 16.5. The van der Waals surface area contributed by atoms with Crippen LogP contribution >= 0.6 is 0 Å². The Morgan fingerprint density at radius 1 is 0.746 bits per heavy atom. The highest BCUT2D eigenvalue weighted by Gasteiger charge is 2.34. The second-order valence-corrected chi connectivity index (χ2v) is 17.8. The van der Waals surface area contributed by atoms with Crippen molar-refractivity contribution in [2.24, 2.45) is 39.8 Å². The van der Waals surface area contributed by atoms with Crippen molar-refractivity contribution in [2.75, 3.05) is 120 Å². The summed E-state index contributed by atoms with van der Waals surface area (Å²) < 4.78 is 19.6. The number of aromatic nitrogens is 9. The lowest BCUT2D eigenvalue weighted by atomic mass is 9.98. The number of aliphatic imine (C=N–C) groups is 1. The van der Waals surface area contributed by atoms with Gasteiger partial charge in [-0.25, -0.2) is 9.36 Å². The summed E-state index contributed by atoms with van der Waals surface area (Å²) in [6.07, 6.45) is 11.1. The van der Waals surface area contributed by atoms with Gasteiger partial charge in [-0.1, -0.05) is 56.9 Å². The largest absolute Gasteiger partial charge is 0.481 e. The maximum atomic E-state index is 14.3. The molecule has 3 aromatic rings. The number of ether oxygens (including phenoxy) is 3. The molecule has 2 aliphatic rings. The Labute approximate surface area is 415 Å². The van der Waals surface area contributed by atoms with E-state index < -0.39 is 18.1 Å². The minimum atomic E-state index is -1.02. The number of anilines is 3. The van der Waals surface area contributed by atoms with E-state index in [9.17, 15) is 19.5 Å². The molecule has 0 aliphatic carbocycles. The van der Waals surface area contributed by atoms with Crippen molar-refractivity contribution in [1.82, 2.24) is 54.7 Å². The number of guanidine groups is 1. The molecule has 0 spiro atoms. The van der Waals surface area contributed by atoms with Gasteiger partial charge in [0.25, 0.3) is 0 Å². The molecule has 26 nitrogen and oxygen atoms in total. The summed E-state index contributed by atoms with van der Waals surface area (Å²) in [4.78, 5) is 66.3. The number of hydrogen-bond acceptors (Lipinski definition) is 19. The van der Waals surface area contributed by atoms with Crippen LogP contribution < -0.4 is 38.1 Å². The first-order valence-electron chi connectivity index (χ1n) is 24.6. The van der Waals surface area contributed by atoms with Crippen LogP contribution in [0.1, 0.15) is 102 Å². The Morgan fingerprint density at radius 3 is 1.69 bits per heavy atom. The molecule has 0 bridgehead atoms. The lowest BCUT2D eigenvalue weighted by Crippen LogP contribution is -2.52. The fraction of sp³-hybridized carbons (Fsp3) is 0.711. The van der Waals surface area contributed by atoms with Crippen molar-refractivity contribution >= 4 is 41.6 Å². The van der Waals surface area contributed by atoms with Crippen molar-refractivity contribution in [1.29, 1.82) is 0 Å². The molecule has 2 amide bonds. The minimum Gasteiger partial charge on any atom is -0.481 e. The summed E-state index contributed by atoms with van der Waals surface area (Å²) in [7, 11) is 0. The normalized spacial score (nSPS) is 16.7. The van der Waals surface area contributed by atoms with E-state index in [1.807, 2.05) is 28.5 Å². The Hall–Kier alpha value is -6.27. The van der Waals surface area contributed by atoms with Gasteiger partial charge >= 0.3 is 5.97 Å². The maximum absolute atomic E-state index is 14.3. The van der Waals surface area contributed by atoms with E-state index in [0.717, 1.165) is 12.8 Å². The molecule has 26 heteroatoms. The van der Waals surface area contributed by atoms with E-state index in [4.69, 9.17) is 58.5 Å². The number of nitrogens with zero attached hydrogens (tertiary/aromatic N) is 14. The highest BCUT2D eigenvalue weighted by molar-refractivity contribution is 5.82. The zero-order chi connectivity index (χ0) is 51.3. The fourth-order valence-corrected chi connectivity index (χ4v) is 7.97. The topological polar surface area (TPSA) is 341 Å². The fourth-order valence-electron chi connectivity index (χ4n) is 7.97. The third-order valence-electron chi connectivity index (χ3n) is 12.8. The summed E-state index contributed by atoms with van der Waals surface area (Å²) in [6, 6.07) is -2.23. The molecule has 0 radical (unpaired) electrons. The summed E-state index contributed by atoms with van der Waals surface area (Å²) in [5.74, 6) is 2.47. The SMILES string of the molecule is C#CCOCCOCCOCCNc1nc(N2CCN(C(=O)[C@H](CCCN=C(N)N)n3cc(C(N)[C@@H](C)CC)nn3)CC2)nc(N2CCN(C(=O)[C@H](CCC(=O)O)n3cc([C@@H](N)[C@H](C)CC)nn3)CC2)n1. The number of nitrogens with one attached hydrogen (secondary N) is 1. The molecule has 0 saturated carbocycles.